The van der Waals surface area contributed by atoms with Crippen LogP contribution in [0.4, 0.5) is 0 Å². The van der Waals surface area contributed by atoms with Crippen LogP contribution in [-0.2, 0) is 6.42 Å². The monoisotopic (exact) mass is 216 g/mol. The van der Waals surface area contributed by atoms with Crippen LogP contribution in [0.5, 0.6) is 0 Å². The van der Waals surface area contributed by atoms with Crippen molar-refractivity contribution < 1.29 is 5.11 Å². The first-order valence-corrected chi connectivity index (χ1v) is 6.26. The normalized spacial score (nSPS) is 19.2. The first kappa shape index (κ1) is 11.4. The van der Waals surface area contributed by atoms with E-state index in [2.05, 4.69) is 37.3 Å². The second-order valence-electron chi connectivity index (χ2n) is 4.47. The van der Waals surface area contributed by atoms with Gasteiger partial charge in [-0.1, -0.05) is 37.3 Å². The molecule has 0 spiro atoms. The van der Waals surface area contributed by atoms with E-state index in [4.69, 9.17) is 5.11 Å². The van der Waals surface area contributed by atoms with Gasteiger partial charge in [-0.3, -0.25) is 0 Å². The van der Waals surface area contributed by atoms with Gasteiger partial charge in [0.25, 0.3) is 0 Å². The molecular weight excluding hydrogens is 196 g/mol. The Labute approximate surface area is 97.8 Å². The first-order valence-electron chi connectivity index (χ1n) is 6.26. The molecule has 1 aliphatic rings. The van der Waals surface area contributed by atoms with Crippen molar-refractivity contribution in [2.45, 2.75) is 38.5 Å². The summed E-state index contributed by atoms with van der Waals surface area (Å²) in [6.45, 7) is 2.47. The topological polar surface area (TPSA) is 20.2 Å². The minimum absolute atomic E-state index is 0.305. The van der Waals surface area contributed by atoms with Crippen LogP contribution < -0.4 is 0 Å². The zero-order valence-corrected chi connectivity index (χ0v) is 9.95. The third kappa shape index (κ3) is 2.19. The molecule has 1 unspecified atom stereocenters. The van der Waals surface area contributed by atoms with Crippen molar-refractivity contribution in [3.05, 3.63) is 41.0 Å². The van der Waals surface area contributed by atoms with Crippen molar-refractivity contribution in [1.29, 1.82) is 0 Å². The van der Waals surface area contributed by atoms with Gasteiger partial charge in [-0.15, -0.1) is 0 Å². The molecule has 0 aromatic heterocycles. The Morgan fingerprint density at radius 2 is 2.31 bits per heavy atom. The minimum atomic E-state index is 0.305. The van der Waals surface area contributed by atoms with Crippen molar-refractivity contribution in [3.8, 4) is 0 Å². The highest BCUT2D eigenvalue weighted by Gasteiger charge is 2.22. The van der Waals surface area contributed by atoms with Crippen LogP contribution in [0.25, 0.3) is 6.08 Å². The van der Waals surface area contributed by atoms with Gasteiger partial charge in [0.15, 0.2) is 0 Å². The van der Waals surface area contributed by atoms with Gasteiger partial charge in [0.05, 0.1) is 0 Å². The molecule has 1 nitrogen and oxygen atoms in total. The maximum atomic E-state index is 9.05. The molecule has 0 bridgehead atoms. The number of fused-ring (bicyclic) bond motifs is 1. The van der Waals surface area contributed by atoms with Crippen LogP contribution in [-0.4, -0.2) is 11.7 Å². The molecular formula is C15H20O. The second kappa shape index (κ2) is 5.31. The van der Waals surface area contributed by atoms with Gasteiger partial charge in [0.1, 0.15) is 0 Å². The zero-order chi connectivity index (χ0) is 11.4. The lowest BCUT2D eigenvalue weighted by Crippen LogP contribution is -1.96. The van der Waals surface area contributed by atoms with E-state index in [9.17, 15) is 0 Å². The molecule has 1 atom stereocenters. The standard InChI is InChI=1S/C15H20O/c1-2-3-5-12-6-4-7-14-13(10-11-16)8-9-15(12)14/h3-7,13,16H,2,8-11H2,1H3/b5-3+. The zero-order valence-electron chi connectivity index (χ0n) is 9.95. The van der Waals surface area contributed by atoms with E-state index in [1.54, 1.807) is 0 Å². The van der Waals surface area contributed by atoms with Gasteiger partial charge in [0.2, 0.25) is 0 Å². The number of allylic oxidation sites excluding steroid dienone is 1. The molecule has 16 heavy (non-hydrogen) atoms. The lowest BCUT2D eigenvalue weighted by atomic mass is 9.96. The number of rotatable bonds is 4. The molecule has 0 fully saturated rings. The molecule has 0 aliphatic heterocycles. The van der Waals surface area contributed by atoms with E-state index >= 15 is 0 Å². The van der Waals surface area contributed by atoms with Gasteiger partial charge in [-0.2, -0.15) is 0 Å². The first-order chi connectivity index (χ1) is 7.86. The smallest absolute Gasteiger partial charge is 0.0436 e. The van der Waals surface area contributed by atoms with Crippen LogP contribution in [0.1, 0.15) is 48.8 Å². The molecule has 1 aromatic rings. The fraction of sp³-hybridized carbons (Fsp3) is 0.467. The molecule has 0 heterocycles. The summed E-state index contributed by atoms with van der Waals surface area (Å²) in [5.41, 5.74) is 4.35. The molecule has 86 valence electrons. The fourth-order valence-electron chi connectivity index (χ4n) is 2.63. The molecule has 1 aromatic carbocycles. The molecule has 2 rings (SSSR count). The minimum Gasteiger partial charge on any atom is -0.396 e. The van der Waals surface area contributed by atoms with Gasteiger partial charge >= 0.3 is 0 Å². The molecule has 1 heteroatoms. The maximum absolute atomic E-state index is 9.05. The fourth-order valence-corrected chi connectivity index (χ4v) is 2.63. The van der Waals surface area contributed by atoms with Gasteiger partial charge in [0, 0.05) is 6.61 Å². The maximum Gasteiger partial charge on any atom is 0.0436 e. The van der Waals surface area contributed by atoms with Crippen molar-refractivity contribution >= 4 is 6.08 Å². The van der Waals surface area contributed by atoms with Crippen LogP contribution in [0, 0.1) is 0 Å². The Hall–Kier alpha value is -1.08. The summed E-state index contributed by atoms with van der Waals surface area (Å²) in [7, 11) is 0. The van der Waals surface area contributed by atoms with Gasteiger partial charge in [-0.25, -0.2) is 0 Å². The Kier molecular flexibility index (Phi) is 3.79. The van der Waals surface area contributed by atoms with E-state index in [-0.39, 0.29) is 0 Å². The summed E-state index contributed by atoms with van der Waals surface area (Å²) in [4.78, 5) is 0. The summed E-state index contributed by atoms with van der Waals surface area (Å²) < 4.78 is 0. The molecule has 0 saturated heterocycles. The van der Waals surface area contributed by atoms with Gasteiger partial charge < -0.3 is 5.11 Å². The highest BCUT2D eigenvalue weighted by molar-refractivity contribution is 5.58. The summed E-state index contributed by atoms with van der Waals surface area (Å²) in [6, 6.07) is 6.57. The van der Waals surface area contributed by atoms with Crippen molar-refractivity contribution in [1.82, 2.24) is 0 Å². The lowest BCUT2D eigenvalue weighted by Gasteiger charge is -2.10. The summed E-state index contributed by atoms with van der Waals surface area (Å²) in [6.07, 6.45) is 8.82. The number of aliphatic hydroxyl groups is 1. The number of aliphatic hydroxyl groups excluding tert-OH is 1. The lowest BCUT2D eigenvalue weighted by molar-refractivity contribution is 0.275. The summed E-state index contributed by atoms with van der Waals surface area (Å²) >= 11 is 0. The Morgan fingerprint density at radius 1 is 1.44 bits per heavy atom. The highest BCUT2D eigenvalue weighted by atomic mass is 16.3. The second-order valence-corrected chi connectivity index (χ2v) is 4.47. The highest BCUT2D eigenvalue weighted by Crippen LogP contribution is 2.37. The third-order valence-electron chi connectivity index (χ3n) is 3.44. The molecule has 0 amide bonds. The predicted octanol–water partition coefficient (Wildman–Crippen LogP) is 3.52. The molecule has 0 saturated carbocycles. The Bertz CT molecular complexity index is 379. The van der Waals surface area contributed by atoms with E-state index in [0.29, 0.717) is 12.5 Å². The SMILES string of the molecule is CC/C=C/c1cccc2c1CCC2CCO. The summed E-state index contributed by atoms with van der Waals surface area (Å²) in [5.74, 6) is 0.579. The average Bonchev–Trinajstić information content (AvgIpc) is 2.71. The largest absolute Gasteiger partial charge is 0.396 e. The molecule has 1 aliphatic carbocycles. The van der Waals surface area contributed by atoms with Crippen LogP contribution in [0.2, 0.25) is 0 Å². The quantitative estimate of drug-likeness (QED) is 0.816. The number of benzene rings is 1. The Morgan fingerprint density at radius 3 is 3.06 bits per heavy atom. The van der Waals surface area contributed by atoms with E-state index in [0.717, 1.165) is 12.8 Å². The molecule has 0 radical (unpaired) electrons. The van der Waals surface area contributed by atoms with Crippen molar-refractivity contribution in [2.75, 3.05) is 6.61 Å². The van der Waals surface area contributed by atoms with E-state index in [1.807, 2.05) is 0 Å². The Balaban J connectivity index is 2.28. The average molecular weight is 216 g/mol. The third-order valence-corrected chi connectivity index (χ3v) is 3.44. The number of hydrogen-bond donors (Lipinski definition) is 1. The van der Waals surface area contributed by atoms with Crippen LogP contribution in [0.3, 0.4) is 0 Å². The van der Waals surface area contributed by atoms with Crippen molar-refractivity contribution in [3.63, 3.8) is 0 Å². The summed E-state index contributed by atoms with van der Waals surface area (Å²) in [5, 5.41) is 9.05. The van der Waals surface area contributed by atoms with E-state index < -0.39 is 0 Å². The van der Waals surface area contributed by atoms with Crippen molar-refractivity contribution in [2.24, 2.45) is 0 Å². The van der Waals surface area contributed by atoms with Crippen LogP contribution in [0.15, 0.2) is 24.3 Å². The molecule has 1 N–H and O–H groups in total. The predicted molar refractivity (Wildman–Crippen MR) is 68.5 cm³/mol. The van der Waals surface area contributed by atoms with Gasteiger partial charge in [-0.05, 0) is 48.3 Å². The van der Waals surface area contributed by atoms with Crippen LogP contribution >= 0.6 is 0 Å². The van der Waals surface area contributed by atoms with E-state index in [1.165, 1.54) is 29.5 Å². The number of hydrogen-bond acceptors (Lipinski definition) is 1.